The van der Waals surface area contributed by atoms with Gasteiger partial charge >= 0.3 is 0 Å². The van der Waals surface area contributed by atoms with Crippen LogP contribution >= 0.6 is 22.9 Å². The zero-order valence-corrected chi connectivity index (χ0v) is 22.9. The Hall–Kier alpha value is -3.69. The smallest absolute Gasteiger partial charge is 0.297 e. The van der Waals surface area contributed by atoms with Gasteiger partial charge in [0.1, 0.15) is 5.58 Å². The minimum Gasteiger partial charge on any atom is -0.493 e. The summed E-state index contributed by atoms with van der Waals surface area (Å²) in [7, 11) is 1.53. The second kappa shape index (κ2) is 10.2. The summed E-state index contributed by atoms with van der Waals surface area (Å²) < 4.78 is 17.5. The zero-order chi connectivity index (χ0) is 27.1. The number of hydrogen-bond acceptors (Lipinski definition) is 8. The quantitative estimate of drug-likeness (QED) is 0.185. The summed E-state index contributed by atoms with van der Waals surface area (Å²) in [5.41, 5.74) is 1.16. The molecule has 0 spiro atoms. The minimum absolute atomic E-state index is 0.0747. The number of carbonyl (C=O) groups excluding carboxylic acids is 2. The molecule has 0 fully saturated rings. The maximum absolute atomic E-state index is 13.8. The van der Waals surface area contributed by atoms with Gasteiger partial charge in [-0.25, -0.2) is 4.98 Å². The number of fused-ring (bicyclic) bond motifs is 2. The largest absolute Gasteiger partial charge is 0.493 e. The minimum atomic E-state index is -0.874. The Morgan fingerprint density at radius 2 is 1.97 bits per heavy atom. The van der Waals surface area contributed by atoms with E-state index in [0.717, 1.165) is 24.2 Å². The van der Waals surface area contributed by atoms with Gasteiger partial charge < -0.3 is 13.9 Å². The number of anilines is 1. The number of thiazole rings is 1. The number of methoxy groups -OCH3 is 1. The lowest BCUT2D eigenvalue weighted by atomic mass is 9.98. The van der Waals surface area contributed by atoms with Crippen molar-refractivity contribution >= 4 is 50.7 Å². The monoisotopic (exact) mass is 552 g/mol. The van der Waals surface area contributed by atoms with E-state index in [4.69, 9.17) is 25.5 Å². The number of Topliss-reactive ketones (excluding diaryl/α,β-unsaturated/α-hetero) is 1. The molecule has 0 saturated carbocycles. The number of aryl methyl sites for hydroxylation is 1. The summed E-state index contributed by atoms with van der Waals surface area (Å²) in [6, 6.07) is 9.11. The third-order valence-corrected chi connectivity index (χ3v) is 7.89. The summed E-state index contributed by atoms with van der Waals surface area (Å²) in [4.78, 5) is 46.2. The molecule has 0 aliphatic carbocycles. The molecule has 3 heterocycles. The number of ketones is 1. The van der Waals surface area contributed by atoms with Gasteiger partial charge in [-0.15, -0.1) is 0 Å². The van der Waals surface area contributed by atoms with Crippen LogP contribution in [0, 0.1) is 6.92 Å². The highest BCUT2D eigenvalue weighted by Gasteiger charge is 2.45. The van der Waals surface area contributed by atoms with Crippen molar-refractivity contribution in [1.29, 1.82) is 0 Å². The maximum Gasteiger partial charge on any atom is 0.297 e. The molecule has 0 bridgehead atoms. The zero-order valence-electron chi connectivity index (χ0n) is 21.3. The molecular formula is C28H25ClN2O6S. The van der Waals surface area contributed by atoms with Crippen LogP contribution in [-0.2, 0) is 0 Å². The fourth-order valence-corrected chi connectivity index (χ4v) is 5.73. The van der Waals surface area contributed by atoms with Gasteiger partial charge in [0.2, 0.25) is 5.76 Å². The van der Waals surface area contributed by atoms with Crippen molar-refractivity contribution in [2.75, 3.05) is 18.6 Å². The Balaban J connectivity index is 1.73. The van der Waals surface area contributed by atoms with Crippen molar-refractivity contribution < 1.29 is 23.5 Å². The van der Waals surface area contributed by atoms with Crippen molar-refractivity contribution in [2.24, 2.45) is 0 Å². The van der Waals surface area contributed by atoms with Crippen LogP contribution in [-0.4, -0.2) is 30.4 Å². The second-order valence-electron chi connectivity index (χ2n) is 8.97. The number of hydrogen-bond donors (Lipinski definition) is 0. The topological polar surface area (TPSA) is 98.9 Å². The van der Waals surface area contributed by atoms with E-state index in [1.54, 1.807) is 37.3 Å². The first kappa shape index (κ1) is 25.9. The van der Waals surface area contributed by atoms with E-state index in [9.17, 15) is 14.4 Å². The molecule has 5 rings (SSSR count). The summed E-state index contributed by atoms with van der Waals surface area (Å²) in [5, 5.41) is 0.930. The van der Waals surface area contributed by atoms with Crippen LogP contribution < -0.4 is 19.8 Å². The molecule has 1 amide bonds. The van der Waals surface area contributed by atoms with E-state index >= 15 is 0 Å². The van der Waals surface area contributed by atoms with Gasteiger partial charge in [-0.3, -0.25) is 19.3 Å². The average Bonchev–Trinajstić information content (AvgIpc) is 3.42. The Labute approximate surface area is 227 Å². The molecule has 196 valence electrons. The van der Waals surface area contributed by atoms with Crippen molar-refractivity contribution in [2.45, 2.75) is 39.7 Å². The summed E-state index contributed by atoms with van der Waals surface area (Å²) >= 11 is 7.28. The van der Waals surface area contributed by atoms with E-state index in [2.05, 4.69) is 11.9 Å². The summed E-state index contributed by atoms with van der Waals surface area (Å²) in [5.74, 6) is 0.269. The standard InChI is InChI=1S/C28H25ClN2O6S/c1-5-6-11-36-20-9-7-16(12-21(20)35-4)23-22-24(33)18-13-17(29)8-10-19(18)37-25(22)27(34)31(23)28-30-14(2)26(38-28)15(3)32/h7-10,12-13,23H,5-6,11H2,1-4H3. The number of unbranched alkanes of at least 4 members (excludes halogenated alkanes) is 1. The van der Waals surface area contributed by atoms with Crippen LogP contribution in [0.3, 0.4) is 0 Å². The first-order valence-corrected chi connectivity index (χ1v) is 13.3. The highest BCUT2D eigenvalue weighted by Crippen LogP contribution is 2.45. The lowest BCUT2D eigenvalue weighted by Crippen LogP contribution is -2.29. The first-order chi connectivity index (χ1) is 18.2. The van der Waals surface area contributed by atoms with Crippen LogP contribution in [0.25, 0.3) is 11.0 Å². The van der Waals surface area contributed by atoms with Gasteiger partial charge in [-0.2, -0.15) is 0 Å². The number of ether oxygens (including phenoxy) is 2. The summed E-state index contributed by atoms with van der Waals surface area (Å²) in [6.07, 6.45) is 1.88. The molecule has 0 saturated heterocycles. The van der Waals surface area contributed by atoms with E-state index < -0.39 is 11.9 Å². The van der Waals surface area contributed by atoms with Crippen molar-refractivity contribution in [3.05, 3.63) is 79.1 Å². The van der Waals surface area contributed by atoms with Gasteiger partial charge in [0, 0.05) is 11.9 Å². The number of nitrogens with zero attached hydrogens (tertiary/aromatic N) is 2. The van der Waals surface area contributed by atoms with Crippen LogP contribution in [0.15, 0.2) is 45.6 Å². The predicted molar refractivity (Wildman–Crippen MR) is 146 cm³/mol. The molecule has 1 aliphatic rings. The maximum atomic E-state index is 13.8. The molecule has 1 aliphatic heterocycles. The van der Waals surface area contributed by atoms with E-state index in [1.165, 1.54) is 25.0 Å². The average molecular weight is 553 g/mol. The molecule has 2 aromatic carbocycles. The molecule has 0 radical (unpaired) electrons. The number of carbonyl (C=O) groups is 2. The highest BCUT2D eigenvalue weighted by molar-refractivity contribution is 7.17. The van der Waals surface area contributed by atoms with Gasteiger partial charge in [0.25, 0.3) is 5.91 Å². The van der Waals surface area contributed by atoms with E-state index in [-0.39, 0.29) is 38.6 Å². The molecule has 2 aromatic heterocycles. The predicted octanol–water partition coefficient (Wildman–Crippen LogP) is 6.35. The molecule has 10 heteroatoms. The Kier molecular flexibility index (Phi) is 6.98. The summed E-state index contributed by atoms with van der Waals surface area (Å²) in [6.45, 7) is 5.77. The Morgan fingerprint density at radius 1 is 1.18 bits per heavy atom. The van der Waals surface area contributed by atoms with E-state index in [1.807, 2.05) is 0 Å². The highest BCUT2D eigenvalue weighted by atomic mass is 35.5. The van der Waals surface area contributed by atoms with Crippen LogP contribution in [0.5, 0.6) is 11.5 Å². The van der Waals surface area contributed by atoms with Crippen molar-refractivity contribution in [3.8, 4) is 11.5 Å². The van der Waals surface area contributed by atoms with Gasteiger partial charge in [-0.1, -0.05) is 42.3 Å². The lowest BCUT2D eigenvalue weighted by Gasteiger charge is -2.23. The van der Waals surface area contributed by atoms with Crippen LogP contribution in [0.4, 0.5) is 5.13 Å². The fourth-order valence-electron chi connectivity index (χ4n) is 4.57. The fraction of sp³-hybridized carbons (Fsp3) is 0.286. The third kappa shape index (κ3) is 4.35. The first-order valence-electron chi connectivity index (χ1n) is 12.1. The second-order valence-corrected chi connectivity index (χ2v) is 10.4. The number of amides is 1. The SMILES string of the molecule is CCCCOc1ccc(C2c3c(oc4ccc(Cl)cc4c3=O)C(=O)N2c2nc(C)c(C(C)=O)s2)cc1OC. The van der Waals surface area contributed by atoms with Crippen LogP contribution in [0.1, 0.15) is 69.8 Å². The van der Waals surface area contributed by atoms with Gasteiger partial charge in [-0.05, 0) is 49.2 Å². The number of aromatic nitrogens is 1. The molecule has 1 atom stereocenters. The molecular weight excluding hydrogens is 528 g/mol. The normalized spacial score (nSPS) is 14.7. The Bertz CT molecular complexity index is 1640. The number of benzene rings is 2. The van der Waals surface area contributed by atoms with Gasteiger partial charge in [0.05, 0.1) is 41.3 Å². The molecule has 1 unspecified atom stereocenters. The lowest BCUT2D eigenvalue weighted by molar-refractivity contribution is 0.0969. The molecule has 8 nitrogen and oxygen atoms in total. The van der Waals surface area contributed by atoms with E-state index in [0.29, 0.717) is 39.3 Å². The van der Waals surface area contributed by atoms with Crippen molar-refractivity contribution in [3.63, 3.8) is 0 Å². The van der Waals surface area contributed by atoms with Crippen LogP contribution in [0.2, 0.25) is 5.02 Å². The van der Waals surface area contributed by atoms with Crippen molar-refractivity contribution in [1.82, 2.24) is 4.98 Å². The third-order valence-electron chi connectivity index (χ3n) is 6.40. The number of halogens is 1. The molecule has 4 aromatic rings. The Morgan fingerprint density at radius 3 is 2.66 bits per heavy atom. The molecule has 0 N–H and O–H groups in total. The number of rotatable bonds is 8. The van der Waals surface area contributed by atoms with Gasteiger partial charge in [0.15, 0.2) is 27.8 Å². The molecule has 38 heavy (non-hydrogen) atoms.